The Labute approximate surface area is 187 Å². The number of hydrogen-bond donors (Lipinski definition) is 0. The quantitative estimate of drug-likeness (QED) is 0.650. The minimum Gasteiger partial charge on any atom is -0.376 e. The molecule has 2 aliphatic heterocycles. The van der Waals surface area contributed by atoms with Gasteiger partial charge >= 0.3 is 0 Å². The van der Waals surface area contributed by atoms with E-state index in [1.54, 1.807) is 11.9 Å². The first-order valence-electron chi connectivity index (χ1n) is 10.8. The number of carbonyl (C=O) groups excluding carboxylic acids is 3. The fraction of sp³-hybridized carbons (Fsp3) is 0.400. The van der Waals surface area contributed by atoms with Crippen LogP contribution < -0.4 is 0 Å². The van der Waals surface area contributed by atoms with Gasteiger partial charge in [0.2, 0.25) is 17.7 Å². The molecule has 2 aliphatic rings. The van der Waals surface area contributed by atoms with Gasteiger partial charge in [0.1, 0.15) is 0 Å². The van der Waals surface area contributed by atoms with Crippen LogP contribution in [0, 0.1) is 0 Å². The minimum absolute atomic E-state index is 0.0182. The molecular formula is C25H28N2O5. The largest absolute Gasteiger partial charge is 0.376 e. The Hall–Kier alpha value is -3.03. The van der Waals surface area contributed by atoms with Crippen molar-refractivity contribution in [3.8, 4) is 11.1 Å². The Morgan fingerprint density at radius 1 is 1.06 bits per heavy atom. The maximum Gasteiger partial charge on any atom is 0.240 e. The van der Waals surface area contributed by atoms with Crippen molar-refractivity contribution in [2.75, 3.05) is 40.5 Å². The van der Waals surface area contributed by atoms with Crippen molar-refractivity contribution >= 4 is 17.7 Å². The highest BCUT2D eigenvalue weighted by Crippen LogP contribution is 2.40. The summed E-state index contributed by atoms with van der Waals surface area (Å²) in [6.45, 7) is 1.87. The average molecular weight is 437 g/mol. The first-order valence-corrected chi connectivity index (χ1v) is 10.8. The first kappa shape index (κ1) is 22.2. The zero-order valence-electron chi connectivity index (χ0n) is 18.5. The molecule has 0 radical (unpaired) electrons. The highest BCUT2D eigenvalue weighted by atomic mass is 16.6. The number of nitrogens with zero attached hydrogens (tertiary/aromatic N) is 2. The molecule has 2 saturated heterocycles. The second-order valence-electron chi connectivity index (χ2n) is 8.48. The number of ether oxygens (including phenoxy) is 2. The molecule has 7 heteroatoms. The van der Waals surface area contributed by atoms with Crippen molar-refractivity contribution in [2.24, 2.45) is 0 Å². The van der Waals surface area contributed by atoms with Gasteiger partial charge in [-0.05, 0) is 16.7 Å². The first-order chi connectivity index (χ1) is 15.4. The van der Waals surface area contributed by atoms with E-state index in [-0.39, 0.29) is 36.7 Å². The van der Waals surface area contributed by atoms with E-state index >= 15 is 0 Å². The Balaban J connectivity index is 1.58. The molecule has 0 spiro atoms. The summed E-state index contributed by atoms with van der Waals surface area (Å²) in [4.78, 5) is 41.6. The second-order valence-corrected chi connectivity index (χ2v) is 8.48. The summed E-state index contributed by atoms with van der Waals surface area (Å²) in [6.07, 6.45) is -0.283. The third-order valence-corrected chi connectivity index (χ3v) is 6.33. The highest BCUT2D eigenvalue weighted by molar-refractivity contribution is 6.10. The van der Waals surface area contributed by atoms with Crippen LogP contribution in [0.25, 0.3) is 11.1 Å². The summed E-state index contributed by atoms with van der Waals surface area (Å²) in [7, 11) is 3.17. The van der Waals surface area contributed by atoms with Crippen LogP contribution in [0.5, 0.6) is 0 Å². The van der Waals surface area contributed by atoms with Crippen LogP contribution >= 0.6 is 0 Å². The van der Waals surface area contributed by atoms with Crippen LogP contribution in [-0.4, -0.2) is 74.1 Å². The van der Waals surface area contributed by atoms with E-state index in [1.165, 1.54) is 7.05 Å². The van der Waals surface area contributed by atoms with Gasteiger partial charge in [0.15, 0.2) is 0 Å². The van der Waals surface area contributed by atoms with Crippen molar-refractivity contribution in [2.45, 2.75) is 24.4 Å². The van der Waals surface area contributed by atoms with Crippen LogP contribution in [0.2, 0.25) is 0 Å². The number of benzene rings is 2. The van der Waals surface area contributed by atoms with Crippen LogP contribution in [0.4, 0.5) is 0 Å². The van der Waals surface area contributed by atoms with Gasteiger partial charge in [0, 0.05) is 33.5 Å². The molecule has 168 valence electrons. The molecule has 2 fully saturated rings. The van der Waals surface area contributed by atoms with E-state index in [9.17, 15) is 14.4 Å². The molecule has 2 aromatic carbocycles. The predicted molar refractivity (Wildman–Crippen MR) is 119 cm³/mol. The molecule has 2 atom stereocenters. The Kier molecular flexibility index (Phi) is 6.39. The van der Waals surface area contributed by atoms with Crippen molar-refractivity contribution < 1.29 is 23.9 Å². The number of likely N-dealkylation sites (tertiary alicyclic amines) is 1. The van der Waals surface area contributed by atoms with Crippen molar-refractivity contribution in [1.82, 2.24) is 9.80 Å². The zero-order valence-corrected chi connectivity index (χ0v) is 18.5. The van der Waals surface area contributed by atoms with E-state index in [2.05, 4.69) is 0 Å². The normalized spacial score (nSPS) is 23.4. The number of amides is 3. The van der Waals surface area contributed by atoms with Crippen LogP contribution in [0.15, 0.2) is 54.6 Å². The van der Waals surface area contributed by atoms with Gasteiger partial charge in [-0.15, -0.1) is 0 Å². The van der Waals surface area contributed by atoms with Crippen molar-refractivity contribution in [3.05, 3.63) is 60.2 Å². The zero-order chi connectivity index (χ0) is 22.7. The average Bonchev–Trinajstić information content (AvgIpc) is 3.04. The third-order valence-electron chi connectivity index (χ3n) is 6.33. The van der Waals surface area contributed by atoms with Gasteiger partial charge in [-0.3, -0.25) is 19.3 Å². The molecule has 2 unspecified atom stereocenters. The fourth-order valence-corrected chi connectivity index (χ4v) is 4.41. The van der Waals surface area contributed by atoms with E-state index in [0.29, 0.717) is 31.9 Å². The molecule has 2 heterocycles. The van der Waals surface area contributed by atoms with Crippen LogP contribution in [0.1, 0.15) is 18.4 Å². The van der Waals surface area contributed by atoms with Gasteiger partial charge < -0.3 is 14.4 Å². The van der Waals surface area contributed by atoms with Gasteiger partial charge in [0.05, 0.1) is 31.3 Å². The summed E-state index contributed by atoms with van der Waals surface area (Å²) in [5.41, 5.74) is 1.55. The maximum atomic E-state index is 13.2. The van der Waals surface area contributed by atoms with Crippen LogP contribution in [0.3, 0.4) is 0 Å². The Morgan fingerprint density at radius 2 is 1.75 bits per heavy atom. The van der Waals surface area contributed by atoms with Crippen molar-refractivity contribution in [3.63, 3.8) is 0 Å². The van der Waals surface area contributed by atoms with Gasteiger partial charge in [-0.25, -0.2) is 0 Å². The maximum absolute atomic E-state index is 13.2. The fourth-order valence-electron chi connectivity index (χ4n) is 4.41. The SMILES string of the molecule is CN(CC1COCCO1)C(=O)CC1(c2ccc(-c3ccccc3)cc2)CC(=O)N(C)C1=O. The van der Waals surface area contributed by atoms with E-state index in [4.69, 9.17) is 9.47 Å². The molecule has 2 aromatic rings. The molecule has 0 N–H and O–H groups in total. The standard InChI is InChI=1S/C25H28N2O5/c1-26(16-21-17-31-12-13-32-21)22(28)14-25(15-23(29)27(2)24(25)30)20-10-8-19(9-11-20)18-6-4-3-5-7-18/h3-11,21H,12-17H2,1-2H3. The summed E-state index contributed by atoms with van der Waals surface area (Å²) >= 11 is 0. The number of carbonyl (C=O) groups is 3. The molecule has 32 heavy (non-hydrogen) atoms. The predicted octanol–water partition coefficient (Wildman–Crippen LogP) is 2.24. The third kappa shape index (κ3) is 4.31. The summed E-state index contributed by atoms with van der Waals surface area (Å²) in [5.74, 6) is -0.821. The monoisotopic (exact) mass is 436 g/mol. The molecule has 3 amide bonds. The lowest BCUT2D eigenvalue weighted by molar-refractivity contribution is -0.143. The minimum atomic E-state index is -1.20. The highest BCUT2D eigenvalue weighted by Gasteiger charge is 2.52. The summed E-state index contributed by atoms with van der Waals surface area (Å²) < 4.78 is 11.1. The molecule has 0 aromatic heterocycles. The van der Waals surface area contributed by atoms with Crippen molar-refractivity contribution in [1.29, 1.82) is 0 Å². The van der Waals surface area contributed by atoms with E-state index in [0.717, 1.165) is 16.0 Å². The Morgan fingerprint density at radius 3 is 2.34 bits per heavy atom. The molecular weight excluding hydrogens is 408 g/mol. The number of rotatable bonds is 6. The lowest BCUT2D eigenvalue weighted by atomic mass is 9.75. The number of likely N-dealkylation sites (N-methyl/N-ethyl adjacent to an activating group) is 2. The summed E-state index contributed by atoms with van der Waals surface area (Å²) in [5, 5.41) is 0. The second kappa shape index (κ2) is 9.22. The molecule has 4 rings (SSSR count). The number of imide groups is 1. The lowest BCUT2D eigenvalue weighted by Gasteiger charge is -2.31. The Bertz CT molecular complexity index is 985. The molecule has 0 bridgehead atoms. The lowest BCUT2D eigenvalue weighted by Crippen LogP contribution is -2.45. The molecule has 0 aliphatic carbocycles. The van der Waals surface area contributed by atoms with Gasteiger partial charge in [-0.1, -0.05) is 54.6 Å². The van der Waals surface area contributed by atoms with Crippen LogP contribution in [-0.2, 0) is 29.3 Å². The smallest absolute Gasteiger partial charge is 0.240 e. The summed E-state index contributed by atoms with van der Waals surface area (Å²) in [6, 6.07) is 17.5. The van der Waals surface area contributed by atoms with Gasteiger partial charge in [0.25, 0.3) is 0 Å². The molecule has 0 saturated carbocycles. The van der Waals surface area contributed by atoms with Gasteiger partial charge in [-0.2, -0.15) is 0 Å². The van der Waals surface area contributed by atoms with E-state index < -0.39 is 5.41 Å². The number of hydrogen-bond acceptors (Lipinski definition) is 5. The topological polar surface area (TPSA) is 76.2 Å². The molecule has 7 nitrogen and oxygen atoms in total. The van der Waals surface area contributed by atoms with E-state index in [1.807, 2.05) is 54.6 Å².